The minimum absolute atomic E-state index is 0.796. The molecule has 0 amide bonds. The zero-order valence-electron chi connectivity index (χ0n) is 16.4. The van der Waals surface area contributed by atoms with Gasteiger partial charge in [0.1, 0.15) is 0 Å². The Hall–Kier alpha value is -0.723. The summed E-state index contributed by atoms with van der Waals surface area (Å²) in [6.45, 7) is 8.76. The summed E-state index contributed by atoms with van der Waals surface area (Å²) in [7, 11) is -0.469. The van der Waals surface area contributed by atoms with Gasteiger partial charge >= 0.3 is 8.56 Å². The van der Waals surface area contributed by atoms with E-state index in [1.54, 1.807) is 7.11 Å². The third kappa shape index (κ3) is 10.1. The van der Waals surface area contributed by atoms with E-state index in [0.717, 1.165) is 70.7 Å². The summed E-state index contributed by atoms with van der Waals surface area (Å²) in [6.07, 6.45) is 4.23. The third-order valence-corrected chi connectivity index (χ3v) is 7.59. The molecule has 4 nitrogen and oxygen atoms in total. The maximum absolute atomic E-state index is 6.40. The van der Waals surface area contributed by atoms with Crippen molar-refractivity contribution in [1.29, 1.82) is 0 Å². The van der Waals surface area contributed by atoms with Crippen LogP contribution in [0.4, 0.5) is 0 Å². The van der Waals surface area contributed by atoms with Crippen molar-refractivity contribution < 1.29 is 13.6 Å². The lowest BCUT2D eigenvalue weighted by atomic mass is 10.2. The smallest absolute Gasteiger partial charge is 0.342 e. The highest BCUT2D eigenvalue weighted by atomic mass is 28.4. The van der Waals surface area contributed by atoms with E-state index in [2.05, 4.69) is 49.5 Å². The van der Waals surface area contributed by atoms with Crippen LogP contribution in [0.25, 0.3) is 0 Å². The molecule has 0 aromatic heterocycles. The van der Waals surface area contributed by atoms with Gasteiger partial charge in [-0.05, 0) is 50.4 Å². The molecule has 0 spiro atoms. The maximum atomic E-state index is 6.40. The normalized spacial score (nSPS) is 11.8. The van der Waals surface area contributed by atoms with E-state index in [1.807, 2.05) is 0 Å². The van der Waals surface area contributed by atoms with Crippen LogP contribution < -0.4 is 5.32 Å². The molecule has 0 unspecified atom stereocenters. The van der Waals surface area contributed by atoms with Gasteiger partial charge in [-0.15, -0.1) is 0 Å². The molecule has 0 aliphatic heterocycles. The monoisotopic (exact) mass is 367 g/mol. The van der Waals surface area contributed by atoms with Crippen molar-refractivity contribution in [2.24, 2.45) is 0 Å². The summed E-state index contributed by atoms with van der Waals surface area (Å²) in [6, 6.07) is 12.6. The van der Waals surface area contributed by atoms with Crippen LogP contribution in [0.5, 0.6) is 0 Å². The van der Waals surface area contributed by atoms with Crippen molar-refractivity contribution in [3.05, 3.63) is 35.9 Å². The molecule has 0 fully saturated rings. The number of benzene rings is 1. The van der Waals surface area contributed by atoms with Crippen LogP contribution in [0.2, 0.25) is 6.04 Å². The van der Waals surface area contributed by atoms with Crippen LogP contribution in [0.1, 0.15) is 45.1 Å². The fourth-order valence-corrected chi connectivity index (χ4v) is 6.29. The summed E-state index contributed by atoms with van der Waals surface area (Å²) in [5, 5.41) is 3.50. The van der Waals surface area contributed by atoms with Gasteiger partial charge < -0.3 is 18.9 Å². The Bertz CT molecular complexity index is 409. The Labute approximate surface area is 155 Å². The molecule has 1 aromatic rings. The van der Waals surface area contributed by atoms with Crippen molar-refractivity contribution in [3.63, 3.8) is 0 Å². The Morgan fingerprint density at radius 3 is 2.12 bits per heavy atom. The highest BCUT2D eigenvalue weighted by molar-refractivity contribution is 6.66. The van der Waals surface area contributed by atoms with E-state index in [0.29, 0.717) is 0 Å². The van der Waals surface area contributed by atoms with Gasteiger partial charge in [-0.3, -0.25) is 0 Å². The zero-order valence-corrected chi connectivity index (χ0v) is 17.4. The van der Waals surface area contributed by atoms with Gasteiger partial charge in [-0.2, -0.15) is 0 Å². The van der Waals surface area contributed by atoms with E-state index in [1.165, 1.54) is 5.56 Å². The molecule has 0 radical (unpaired) electrons. The molecular weight excluding hydrogens is 330 g/mol. The van der Waals surface area contributed by atoms with Gasteiger partial charge in [-0.25, -0.2) is 0 Å². The first-order valence-corrected chi connectivity index (χ1v) is 12.0. The van der Waals surface area contributed by atoms with Gasteiger partial charge in [0.2, 0.25) is 0 Å². The van der Waals surface area contributed by atoms with E-state index in [4.69, 9.17) is 13.6 Å². The number of methoxy groups -OCH3 is 1. The van der Waals surface area contributed by atoms with Crippen molar-refractivity contribution in [2.75, 3.05) is 40.0 Å². The summed E-state index contributed by atoms with van der Waals surface area (Å²) in [5.74, 6) is 0. The van der Waals surface area contributed by atoms with Crippen LogP contribution in [-0.4, -0.2) is 48.6 Å². The first-order valence-electron chi connectivity index (χ1n) is 9.78. The molecule has 144 valence electrons. The topological polar surface area (TPSA) is 39.7 Å². The summed E-state index contributed by atoms with van der Waals surface area (Å²) >= 11 is 0. The average molecular weight is 368 g/mol. The van der Waals surface area contributed by atoms with Crippen LogP contribution in [-0.2, 0) is 19.6 Å². The lowest BCUT2D eigenvalue weighted by Crippen LogP contribution is -2.46. The summed E-state index contributed by atoms with van der Waals surface area (Å²) in [4.78, 5) is 0. The summed E-state index contributed by atoms with van der Waals surface area (Å²) in [5.41, 5.74) is 1.33. The largest absolute Gasteiger partial charge is 0.394 e. The van der Waals surface area contributed by atoms with Crippen molar-refractivity contribution in [1.82, 2.24) is 5.32 Å². The van der Waals surface area contributed by atoms with Crippen LogP contribution in [0.15, 0.2) is 30.3 Å². The minimum Gasteiger partial charge on any atom is -0.394 e. The standard InChI is InChI=1S/C20H37NO3Si/c1-4-15-23-25(24-16-5-2,19-20-11-7-6-8-12-20)18-10-14-21-13-9-17-22-3/h6-8,11-12,21H,4-5,9-10,13-19H2,1-3H3. The van der Waals surface area contributed by atoms with E-state index < -0.39 is 8.56 Å². The van der Waals surface area contributed by atoms with Gasteiger partial charge in [-0.1, -0.05) is 44.2 Å². The average Bonchev–Trinajstić information content (AvgIpc) is 2.64. The highest BCUT2D eigenvalue weighted by Crippen LogP contribution is 2.22. The molecule has 0 aliphatic rings. The lowest BCUT2D eigenvalue weighted by molar-refractivity contribution is 0.165. The van der Waals surface area contributed by atoms with E-state index >= 15 is 0 Å². The third-order valence-electron chi connectivity index (χ3n) is 4.07. The van der Waals surface area contributed by atoms with Gasteiger partial charge in [0.25, 0.3) is 0 Å². The number of rotatable bonds is 16. The van der Waals surface area contributed by atoms with E-state index in [-0.39, 0.29) is 0 Å². The van der Waals surface area contributed by atoms with Crippen LogP contribution in [0, 0.1) is 0 Å². The fraction of sp³-hybridized carbons (Fsp3) is 0.700. The molecule has 25 heavy (non-hydrogen) atoms. The number of hydrogen-bond acceptors (Lipinski definition) is 4. The predicted molar refractivity (Wildman–Crippen MR) is 107 cm³/mol. The number of hydrogen-bond donors (Lipinski definition) is 1. The Kier molecular flexibility index (Phi) is 12.9. The molecule has 0 saturated carbocycles. The van der Waals surface area contributed by atoms with Crippen LogP contribution >= 0.6 is 0 Å². The first kappa shape index (κ1) is 22.3. The van der Waals surface area contributed by atoms with Crippen molar-refractivity contribution in [3.8, 4) is 0 Å². The SMILES string of the molecule is CCCO[Si](CCCNCCCOC)(Cc1ccccc1)OCCC. The number of ether oxygens (including phenoxy) is 1. The fourth-order valence-electron chi connectivity index (χ4n) is 2.81. The Morgan fingerprint density at radius 2 is 1.52 bits per heavy atom. The zero-order chi connectivity index (χ0) is 18.2. The predicted octanol–water partition coefficient (Wildman–Crippen LogP) is 4.08. The van der Waals surface area contributed by atoms with Crippen LogP contribution in [0.3, 0.4) is 0 Å². The number of nitrogens with one attached hydrogen (secondary N) is 1. The molecule has 0 atom stereocenters. The van der Waals surface area contributed by atoms with Crippen molar-refractivity contribution in [2.45, 2.75) is 51.6 Å². The molecular formula is C20H37NO3Si. The molecule has 1 rings (SSSR count). The molecule has 0 bridgehead atoms. The molecule has 0 aliphatic carbocycles. The Morgan fingerprint density at radius 1 is 0.880 bits per heavy atom. The van der Waals surface area contributed by atoms with Gasteiger partial charge in [0, 0.05) is 33.0 Å². The Balaban J connectivity index is 2.60. The lowest BCUT2D eigenvalue weighted by Gasteiger charge is -2.31. The minimum atomic E-state index is -2.22. The van der Waals surface area contributed by atoms with Gasteiger partial charge in [0.15, 0.2) is 0 Å². The molecule has 0 heterocycles. The molecule has 5 heteroatoms. The second-order valence-electron chi connectivity index (χ2n) is 6.47. The van der Waals surface area contributed by atoms with Gasteiger partial charge in [0.05, 0.1) is 0 Å². The molecule has 0 saturated heterocycles. The second-order valence-corrected chi connectivity index (χ2v) is 9.72. The van der Waals surface area contributed by atoms with Crippen molar-refractivity contribution >= 4 is 8.56 Å². The maximum Gasteiger partial charge on any atom is 0.342 e. The molecule has 1 N–H and O–H groups in total. The first-order chi connectivity index (χ1) is 12.3. The second kappa shape index (κ2) is 14.4. The van der Waals surface area contributed by atoms with E-state index in [9.17, 15) is 0 Å². The summed E-state index contributed by atoms with van der Waals surface area (Å²) < 4.78 is 17.9. The highest BCUT2D eigenvalue weighted by Gasteiger charge is 2.37. The quantitative estimate of drug-likeness (QED) is 0.353. The molecule has 1 aromatic carbocycles.